The molecule has 1 atom stereocenters. The third-order valence-electron chi connectivity index (χ3n) is 6.33. The predicted octanol–water partition coefficient (Wildman–Crippen LogP) is 2.42. The standard InChI is InChI=1S/C24H31N5O3/c30-23(27-14-4-6-19-9-8-17-5-3-13-26-22(17)28-19)18-10-15-29(16-11-18)21(24(31)32)20-7-1-2-12-25-20/h1-2,7-9,12,18,21H,3-6,10-11,13-16H2,(H,26,28)(H,27,30)(H,31,32). The summed E-state index contributed by atoms with van der Waals surface area (Å²) in [7, 11) is 0. The van der Waals surface area contributed by atoms with E-state index >= 15 is 0 Å². The molecule has 4 rings (SSSR count). The number of carbonyl (C=O) groups excluding carboxylic acids is 1. The second-order valence-electron chi connectivity index (χ2n) is 8.54. The number of carboxylic acid groups (broad SMARTS) is 1. The molecule has 170 valence electrons. The highest BCUT2D eigenvalue weighted by Gasteiger charge is 2.33. The number of likely N-dealkylation sites (tertiary alicyclic amines) is 1. The Hall–Kier alpha value is -3.00. The molecule has 2 aromatic rings. The van der Waals surface area contributed by atoms with Gasteiger partial charge in [-0.2, -0.15) is 0 Å². The molecule has 8 nitrogen and oxygen atoms in total. The van der Waals surface area contributed by atoms with Gasteiger partial charge in [-0.3, -0.25) is 19.5 Å². The van der Waals surface area contributed by atoms with E-state index < -0.39 is 12.0 Å². The van der Waals surface area contributed by atoms with Gasteiger partial charge in [-0.25, -0.2) is 4.98 Å². The lowest BCUT2D eigenvalue weighted by atomic mass is 9.94. The van der Waals surface area contributed by atoms with Crippen LogP contribution in [0.2, 0.25) is 0 Å². The first-order chi connectivity index (χ1) is 15.6. The monoisotopic (exact) mass is 437 g/mol. The van der Waals surface area contributed by atoms with Crippen molar-refractivity contribution in [3.63, 3.8) is 0 Å². The van der Waals surface area contributed by atoms with Crippen molar-refractivity contribution in [3.05, 3.63) is 53.5 Å². The van der Waals surface area contributed by atoms with Crippen molar-refractivity contribution < 1.29 is 14.7 Å². The highest BCUT2D eigenvalue weighted by molar-refractivity contribution is 5.79. The van der Waals surface area contributed by atoms with Crippen LogP contribution in [0.4, 0.5) is 5.82 Å². The number of carboxylic acids is 1. The van der Waals surface area contributed by atoms with Crippen LogP contribution in [-0.2, 0) is 22.4 Å². The molecule has 8 heteroatoms. The fourth-order valence-electron chi connectivity index (χ4n) is 4.56. The molecule has 4 heterocycles. The largest absolute Gasteiger partial charge is 0.480 e. The Kier molecular flexibility index (Phi) is 7.32. The van der Waals surface area contributed by atoms with E-state index in [4.69, 9.17) is 4.98 Å². The number of aliphatic carboxylic acids is 1. The minimum absolute atomic E-state index is 0.0643. The molecule has 0 bridgehead atoms. The topological polar surface area (TPSA) is 107 Å². The zero-order chi connectivity index (χ0) is 22.3. The van der Waals surface area contributed by atoms with E-state index in [2.05, 4.69) is 27.8 Å². The van der Waals surface area contributed by atoms with Crippen LogP contribution < -0.4 is 10.6 Å². The van der Waals surface area contributed by atoms with Crippen LogP contribution in [0.3, 0.4) is 0 Å². The molecule has 0 aromatic carbocycles. The molecular weight excluding hydrogens is 406 g/mol. The third kappa shape index (κ3) is 5.43. The van der Waals surface area contributed by atoms with Crippen molar-refractivity contribution in [3.8, 4) is 0 Å². The smallest absolute Gasteiger partial charge is 0.327 e. The van der Waals surface area contributed by atoms with Gasteiger partial charge in [0.05, 0.1) is 5.69 Å². The van der Waals surface area contributed by atoms with Crippen LogP contribution in [0.15, 0.2) is 36.5 Å². The van der Waals surface area contributed by atoms with E-state index in [0.717, 1.165) is 43.7 Å². The number of aryl methyl sites for hydroxylation is 2. The SMILES string of the molecule is O=C(NCCCc1ccc2c(n1)NCCC2)C1CCN(C(C(=O)O)c2ccccn2)CC1. The Morgan fingerprint density at radius 3 is 2.81 bits per heavy atom. The predicted molar refractivity (Wildman–Crippen MR) is 121 cm³/mol. The third-order valence-corrected chi connectivity index (χ3v) is 6.33. The number of piperidine rings is 1. The van der Waals surface area contributed by atoms with E-state index in [0.29, 0.717) is 38.2 Å². The summed E-state index contributed by atoms with van der Waals surface area (Å²) in [5, 5.41) is 16.1. The summed E-state index contributed by atoms with van der Waals surface area (Å²) in [4.78, 5) is 35.2. The maximum absolute atomic E-state index is 12.6. The van der Waals surface area contributed by atoms with Crippen molar-refractivity contribution in [2.24, 2.45) is 5.92 Å². The summed E-state index contributed by atoms with van der Waals surface area (Å²) in [5.41, 5.74) is 2.87. The second-order valence-corrected chi connectivity index (χ2v) is 8.54. The lowest BCUT2D eigenvalue weighted by molar-refractivity contribution is -0.144. The second kappa shape index (κ2) is 10.5. The molecule has 1 amide bonds. The molecule has 32 heavy (non-hydrogen) atoms. The number of amides is 1. The normalized spacial score (nSPS) is 17.8. The van der Waals surface area contributed by atoms with E-state index in [-0.39, 0.29) is 11.8 Å². The fourth-order valence-corrected chi connectivity index (χ4v) is 4.56. The number of pyridine rings is 2. The molecule has 1 saturated heterocycles. The van der Waals surface area contributed by atoms with Gasteiger partial charge in [0.25, 0.3) is 0 Å². The number of hydrogen-bond acceptors (Lipinski definition) is 6. The lowest BCUT2D eigenvalue weighted by Crippen LogP contribution is -2.44. The minimum Gasteiger partial charge on any atom is -0.480 e. The van der Waals surface area contributed by atoms with Crippen LogP contribution in [0.1, 0.15) is 48.7 Å². The van der Waals surface area contributed by atoms with Gasteiger partial charge in [0.15, 0.2) is 6.04 Å². The summed E-state index contributed by atoms with van der Waals surface area (Å²) in [6, 6.07) is 8.80. The Morgan fingerprint density at radius 2 is 2.06 bits per heavy atom. The first-order valence-electron chi connectivity index (χ1n) is 11.5. The zero-order valence-electron chi connectivity index (χ0n) is 18.3. The summed E-state index contributed by atoms with van der Waals surface area (Å²) in [6.07, 6.45) is 6.83. The Labute approximate surface area is 188 Å². The quantitative estimate of drug-likeness (QED) is 0.545. The number of nitrogens with one attached hydrogen (secondary N) is 2. The number of rotatable bonds is 8. The maximum Gasteiger partial charge on any atom is 0.327 e. The Bertz CT molecular complexity index is 928. The van der Waals surface area contributed by atoms with E-state index in [1.165, 1.54) is 5.56 Å². The van der Waals surface area contributed by atoms with Crippen LogP contribution in [-0.4, -0.2) is 58.0 Å². The number of anilines is 1. The minimum atomic E-state index is -0.905. The lowest BCUT2D eigenvalue weighted by Gasteiger charge is -2.34. The van der Waals surface area contributed by atoms with E-state index in [1.54, 1.807) is 24.4 Å². The molecule has 2 aromatic heterocycles. The molecule has 0 spiro atoms. The van der Waals surface area contributed by atoms with Crippen molar-refractivity contribution in [2.75, 3.05) is 31.5 Å². The summed E-state index contributed by atoms with van der Waals surface area (Å²) in [5.74, 6) is 0.0948. The zero-order valence-corrected chi connectivity index (χ0v) is 18.3. The summed E-state index contributed by atoms with van der Waals surface area (Å²) >= 11 is 0. The van der Waals surface area contributed by atoms with Gasteiger partial charge in [-0.15, -0.1) is 0 Å². The average molecular weight is 438 g/mol. The molecule has 2 aliphatic heterocycles. The summed E-state index contributed by atoms with van der Waals surface area (Å²) in [6.45, 7) is 2.74. The highest BCUT2D eigenvalue weighted by Crippen LogP contribution is 2.26. The molecule has 0 saturated carbocycles. The number of fused-ring (bicyclic) bond motifs is 1. The van der Waals surface area contributed by atoms with Crippen molar-refractivity contribution in [2.45, 2.75) is 44.6 Å². The molecular formula is C24H31N5O3. The van der Waals surface area contributed by atoms with Gasteiger partial charge in [0.1, 0.15) is 5.82 Å². The van der Waals surface area contributed by atoms with Gasteiger partial charge < -0.3 is 15.7 Å². The highest BCUT2D eigenvalue weighted by atomic mass is 16.4. The first kappa shape index (κ1) is 22.2. The number of hydrogen-bond donors (Lipinski definition) is 3. The van der Waals surface area contributed by atoms with Crippen LogP contribution >= 0.6 is 0 Å². The molecule has 1 unspecified atom stereocenters. The molecule has 0 aliphatic carbocycles. The molecule has 1 fully saturated rings. The Balaban J connectivity index is 1.20. The average Bonchev–Trinajstić information content (AvgIpc) is 2.82. The maximum atomic E-state index is 12.6. The summed E-state index contributed by atoms with van der Waals surface area (Å²) < 4.78 is 0. The van der Waals surface area contributed by atoms with Crippen molar-refractivity contribution in [1.29, 1.82) is 0 Å². The van der Waals surface area contributed by atoms with Gasteiger partial charge in [-0.05, 0) is 62.3 Å². The van der Waals surface area contributed by atoms with Gasteiger partial charge in [0, 0.05) is 44.0 Å². The van der Waals surface area contributed by atoms with Crippen LogP contribution in [0, 0.1) is 5.92 Å². The van der Waals surface area contributed by atoms with Gasteiger partial charge in [0.2, 0.25) is 5.91 Å². The van der Waals surface area contributed by atoms with E-state index in [1.807, 2.05) is 4.90 Å². The van der Waals surface area contributed by atoms with E-state index in [9.17, 15) is 14.7 Å². The number of nitrogens with zero attached hydrogens (tertiary/aromatic N) is 3. The van der Waals surface area contributed by atoms with Gasteiger partial charge >= 0.3 is 5.97 Å². The van der Waals surface area contributed by atoms with Crippen LogP contribution in [0.5, 0.6) is 0 Å². The first-order valence-corrected chi connectivity index (χ1v) is 11.5. The number of carbonyl (C=O) groups is 2. The molecule has 0 radical (unpaired) electrons. The van der Waals surface area contributed by atoms with Crippen molar-refractivity contribution in [1.82, 2.24) is 20.2 Å². The Morgan fingerprint density at radius 1 is 1.22 bits per heavy atom. The van der Waals surface area contributed by atoms with Crippen LogP contribution in [0.25, 0.3) is 0 Å². The fraction of sp³-hybridized carbons (Fsp3) is 0.500. The number of aromatic nitrogens is 2. The molecule has 3 N–H and O–H groups in total. The van der Waals surface area contributed by atoms with Crippen molar-refractivity contribution >= 4 is 17.7 Å². The molecule has 2 aliphatic rings. The van der Waals surface area contributed by atoms with Gasteiger partial charge in [-0.1, -0.05) is 12.1 Å².